The van der Waals surface area contributed by atoms with Crippen molar-refractivity contribution in [1.29, 1.82) is 0 Å². The number of cyclic esters (lactones) is 1. The van der Waals surface area contributed by atoms with Crippen molar-refractivity contribution in [3.8, 4) is 0 Å². The minimum atomic E-state index is -4.82. The maximum atomic E-state index is 14.2. The van der Waals surface area contributed by atoms with Gasteiger partial charge < -0.3 is 4.74 Å². The van der Waals surface area contributed by atoms with Crippen LogP contribution in [0.25, 0.3) is 0 Å². The molecule has 0 amide bonds. The van der Waals surface area contributed by atoms with Gasteiger partial charge in [0.15, 0.2) is 0 Å². The highest BCUT2D eigenvalue weighted by molar-refractivity contribution is 6.30. The molecule has 1 saturated heterocycles. The van der Waals surface area contributed by atoms with Gasteiger partial charge in [0.25, 0.3) is 5.60 Å². The van der Waals surface area contributed by atoms with Gasteiger partial charge in [0.1, 0.15) is 5.41 Å². The number of hydrogen-bond donors (Lipinski definition) is 0. The Labute approximate surface area is 152 Å². The first kappa shape index (κ1) is 18.1. The van der Waals surface area contributed by atoms with Crippen LogP contribution in [-0.2, 0) is 20.5 Å². The van der Waals surface area contributed by atoms with Crippen molar-refractivity contribution in [3.63, 3.8) is 0 Å². The van der Waals surface area contributed by atoms with Gasteiger partial charge in [-0.2, -0.15) is 13.2 Å². The van der Waals surface area contributed by atoms with E-state index in [9.17, 15) is 18.0 Å². The third-order valence-electron chi connectivity index (χ3n) is 4.71. The zero-order valence-corrected chi connectivity index (χ0v) is 14.5. The van der Waals surface area contributed by atoms with Crippen LogP contribution in [0.1, 0.15) is 24.5 Å². The van der Waals surface area contributed by atoms with Crippen LogP contribution in [-0.4, -0.2) is 12.1 Å². The molecule has 0 aliphatic carbocycles. The molecule has 1 heterocycles. The van der Waals surface area contributed by atoms with Gasteiger partial charge in [-0.15, -0.1) is 0 Å². The SMILES string of the molecule is CC[C@@]1(c2ccc(Cl)cc2)C(=O)O[C@]1(c1ccc(Cl)cc1)C(F)(F)F. The highest BCUT2D eigenvalue weighted by atomic mass is 35.5. The third-order valence-corrected chi connectivity index (χ3v) is 5.22. The average molecular weight is 389 g/mol. The van der Waals surface area contributed by atoms with Gasteiger partial charge in [-0.25, -0.2) is 0 Å². The fourth-order valence-corrected chi connectivity index (χ4v) is 3.77. The summed E-state index contributed by atoms with van der Waals surface area (Å²) in [6.45, 7) is 1.53. The van der Waals surface area contributed by atoms with Crippen LogP contribution < -0.4 is 0 Å². The summed E-state index contributed by atoms with van der Waals surface area (Å²) < 4.78 is 47.5. The molecule has 1 aliphatic heterocycles. The van der Waals surface area contributed by atoms with Crippen molar-refractivity contribution in [2.45, 2.75) is 30.5 Å². The Morgan fingerprint density at radius 2 is 1.36 bits per heavy atom. The Morgan fingerprint density at radius 1 is 0.920 bits per heavy atom. The van der Waals surface area contributed by atoms with Crippen molar-refractivity contribution >= 4 is 29.2 Å². The molecular weight excluding hydrogens is 376 g/mol. The van der Waals surface area contributed by atoms with Crippen LogP contribution in [0.4, 0.5) is 13.2 Å². The lowest BCUT2D eigenvalue weighted by atomic mass is 9.58. The monoisotopic (exact) mass is 388 g/mol. The largest absolute Gasteiger partial charge is 0.442 e. The topological polar surface area (TPSA) is 26.3 Å². The van der Waals surface area contributed by atoms with E-state index in [1.807, 2.05) is 0 Å². The molecule has 25 heavy (non-hydrogen) atoms. The molecule has 0 N–H and O–H groups in total. The van der Waals surface area contributed by atoms with E-state index in [4.69, 9.17) is 27.9 Å². The van der Waals surface area contributed by atoms with Gasteiger partial charge in [0.2, 0.25) is 0 Å². The molecule has 0 unspecified atom stereocenters. The van der Waals surface area contributed by atoms with E-state index in [2.05, 4.69) is 0 Å². The van der Waals surface area contributed by atoms with Crippen molar-refractivity contribution in [2.24, 2.45) is 0 Å². The van der Waals surface area contributed by atoms with Crippen LogP contribution in [0.2, 0.25) is 10.0 Å². The zero-order chi connectivity index (χ0) is 18.5. The molecule has 132 valence electrons. The van der Waals surface area contributed by atoms with Gasteiger partial charge in [0.05, 0.1) is 0 Å². The Hall–Kier alpha value is -1.72. The summed E-state index contributed by atoms with van der Waals surface area (Å²) in [5, 5.41) is 0.659. The lowest BCUT2D eigenvalue weighted by Crippen LogP contribution is -2.73. The number of hydrogen-bond acceptors (Lipinski definition) is 2. The molecule has 2 aromatic rings. The number of carbonyl (C=O) groups excluding carboxylic acids is 1. The number of esters is 1. The summed E-state index contributed by atoms with van der Waals surface area (Å²) in [6, 6.07) is 11.0. The first-order valence-corrected chi connectivity index (χ1v) is 8.27. The molecule has 0 bridgehead atoms. The lowest BCUT2D eigenvalue weighted by molar-refractivity contribution is -0.341. The molecule has 3 rings (SSSR count). The highest BCUT2D eigenvalue weighted by Gasteiger charge is 2.81. The molecule has 7 heteroatoms. The molecule has 2 nitrogen and oxygen atoms in total. The molecule has 0 radical (unpaired) electrons. The molecule has 0 aromatic heterocycles. The second-order valence-corrected chi connectivity index (χ2v) is 6.71. The molecule has 2 aromatic carbocycles. The Bertz CT molecular complexity index is 803. The maximum Gasteiger partial charge on any atom is 0.434 e. The second kappa shape index (κ2) is 5.92. The number of ether oxygens (including phenoxy) is 1. The van der Waals surface area contributed by atoms with Gasteiger partial charge in [-0.3, -0.25) is 4.79 Å². The first-order valence-electron chi connectivity index (χ1n) is 7.51. The van der Waals surface area contributed by atoms with Crippen LogP contribution in [0, 0.1) is 0 Å². The predicted octanol–water partition coefficient (Wildman–Crippen LogP) is 5.66. The summed E-state index contributed by atoms with van der Waals surface area (Å²) in [5.74, 6) is -0.912. The summed E-state index contributed by atoms with van der Waals surface area (Å²) >= 11 is 11.6. The summed E-state index contributed by atoms with van der Waals surface area (Å²) in [4.78, 5) is 12.4. The zero-order valence-electron chi connectivity index (χ0n) is 13.0. The maximum absolute atomic E-state index is 14.2. The van der Waals surface area contributed by atoms with Crippen molar-refractivity contribution in [1.82, 2.24) is 0 Å². The number of halogens is 5. The average Bonchev–Trinajstić information content (AvgIpc) is 2.55. The molecule has 0 spiro atoms. The molecule has 2 atom stereocenters. The smallest absolute Gasteiger partial charge is 0.434 e. The number of carbonyl (C=O) groups is 1. The molecule has 0 saturated carbocycles. The van der Waals surface area contributed by atoms with Crippen molar-refractivity contribution in [3.05, 3.63) is 69.7 Å². The number of alkyl halides is 3. The fourth-order valence-electron chi connectivity index (χ4n) is 3.52. The van der Waals surface area contributed by atoms with Gasteiger partial charge in [-0.1, -0.05) is 54.4 Å². The second-order valence-electron chi connectivity index (χ2n) is 5.84. The van der Waals surface area contributed by atoms with Crippen LogP contribution in [0.15, 0.2) is 48.5 Å². The molecule has 1 aliphatic rings. The normalized spacial score (nSPS) is 26.1. The van der Waals surface area contributed by atoms with E-state index in [-0.39, 0.29) is 17.5 Å². The lowest BCUT2D eigenvalue weighted by Gasteiger charge is -2.56. The van der Waals surface area contributed by atoms with Crippen LogP contribution in [0.5, 0.6) is 0 Å². The van der Waals surface area contributed by atoms with Gasteiger partial charge in [0, 0.05) is 15.6 Å². The van der Waals surface area contributed by atoms with Crippen LogP contribution >= 0.6 is 23.2 Å². The van der Waals surface area contributed by atoms with Crippen molar-refractivity contribution in [2.75, 3.05) is 0 Å². The number of benzene rings is 2. The minimum absolute atomic E-state index is 0.0877. The van der Waals surface area contributed by atoms with E-state index in [0.29, 0.717) is 10.0 Å². The first-order chi connectivity index (χ1) is 11.7. The quantitative estimate of drug-likeness (QED) is 0.634. The molecular formula is C18H13Cl2F3O2. The summed E-state index contributed by atoms with van der Waals surface area (Å²) in [6.07, 6.45) is -4.90. The van der Waals surface area contributed by atoms with Gasteiger partial charge >= 0.3 is 12.1 Å². The van der Waals surface area contributed by atoms with Crippen LogP contribution in [0.3, 0.4) is 0 Å². The summed E-state index contributed by atoms with van der Waals surface area (Å²) in [7, 11) is 0. The third kappa shape index (κ3) is 2.36. The molecule has 1 fully saturated rings. The van der Waals surface area contributed by atoms with Crippen molar-refractivity contribution < 1.29 is 22.7 Å². The van der Waals surface area contributed by atoms with E-state index >= 15 is 0 Å². The highest BCUT2D eigenvalue weighted by Crippen LogP contribution is 2.63. The predicted molar refractivity (Wildman–Crippen MR) is 88.7 cm³/mol. The van der Waals surface area contributed by atoms with E-state index < -0.39 is 23.2 Å². The fraction of sp³-hybridized carbons (Fsp3) is 0.278. The van der Waals surface area contributed by atoms with E-state index in [0.717, 1.165) is 0 Å². The van der Waals surface area contributed by atoms with E-state index in [1.165, 1.54) is 55.5 Å². The van der Waals surface area contributed by atoms with Gasteiger partial charge in [-0.05, 0) is 36.2 Å². The van der Waals surface area contributed by atoms with E-state index in [1.54, 1.807) is 0 Å². The Morgan fingerprint density at radius 3 is 1.72 bits per heavy atom. The standard InChI is InChI=1S/C18H13Cl2F3O2/c1-2-16(11-3-7-13(19)8-4-11)15(24)25-17(16,18(21,22)23)12-5-9-14(20)10-6-12/h3-10H,2H2,1H3/t16-,17+/m1/s1. The summed E-state index contributed by atoms with van der Waals surface area (Å²) in [5.41, 5.74) is -4.61. The Kier molecular flexibility index (Phi) is 4.28. The number of rotatable bonds is 3. The Balaban J connectivity index is 2.29. The minimum Gasteiger partial charge on any atom is -0.442 e.